The van der Waals surface area contributed by atoms with Crippen LogP contribution in [0.5, 0.6) is 11.5 Å². The molecular formula is C17H19ClN2O4. The molecule has 1 unspecified atom stereocenters. The number of nitrogens with two attached hydrogens (primary N) is 1. The lowest BCUT2D eigenvalue weighted by molar-refractivity contribution is 0.0995. The van der Waals surface area contributed by atoms with E-state index >= 15 is 0 Å². The van der Waals surface area contributed by atoms with E-state index in [0.717, 1.165) is 0 Å². The van der Waals surface area contributed by atoms with E-state index in [1.165, 1.54) is 0 Å². The van der Waals surface area contributed by atoms with Gasteiger partial charge in [-0.05, 0) is 36.4 Å². The van der Waals surface area contributed by atoms with Crippen molar-refractivity contribution < 1.29 is 19.4 Å². The molecule has 0 spiro atoms. The maximum atomic E-state index is 11.0. The summed E-state index contributed by atoms with van der Waals surface area (Å²) in [6.45, 7) is 0.618. The molecule has 24 heavy (non-hydrogen) atoms. The quantitative estimate of drug-likeness (QED) is 0.473. The van der Waals surface area contributed by atoms with Crippen LogP contribution in [-0.4, -0.2) is 37.0 Å². The maximum Gasteiger partial charge on any atom is 0.248 e. The van der Waals surface area contributed by atoms with Crippen LogP contribution in [0.1, 0.15) is 10.4 Å². The molecule has 0 radical (unpaired) electrons. The average molecular weight is 351 g/mol. The summed E-state index contributed by atoms with van der Waals surface area (Å²) in [5.41, 5.74) is 5.58. The van der Waals surface area contributed by atoms with Crippen molar-refractivity contribution in [3.05, 3.63) is 59.1 Å². The molecule has 0 saturated carbocycles. The van der Waals surface area contributed by atoms with Gasteiger partial charge in [-0.1, -0.05) is 23.7 Å². The lowest BCUT2D eigenvalue weighted by atomic mass is 10.2. The van der Waals surface area contributed by atoms with Gasteiger partial charge in [-0.2, -0.15) is 0 Å². The van der Waals surface area contributed by atoms with E-state index in [4.69, 9.17) is 26.8 Å². The zero-order valence-corrected chi connectivity index (χ0v) is 13.7. The number of benzene rings is 2. The first kappa shape index (κ1) is 18.1. The van der Waals surface area contributed by atoms with Crippen LogP contribution in [-0.2, 0) is 0 Å². The van der Waals surface area contributed by atoms with Crippen molar-refractivity contribution in [3.8, 4) is 11.5 Å². The number of hydrogen-bond donors (Lipinski definition) is 3. The van der Waals surface area contributed by atoms with Gasteiger partial charge in [0.25, 0.3) is 0 Å². The van der Waals surface area contributed by atoms with Gasteiger partial charge >= 0.3 is 0 Å². The SMILES string of the molecule is NC(=O)c1ccc(OCNCC(O)COc2ccccc2Cl)cc1. The molecule has 0 aliphatic carbocycles. The Labute approximate surface area is 145 Å². The van der Waals surface area contributed by atoms with Gasteiger partial charge in [0.05, 0.1) is 5.02 Å². The van der Waals surface area contributed by atoms with Crippen LogP contribution in [0.4, 0.5) is 0 Å². The van der Waals surface area contributed by atoms with E-state index < -0.39 is 12.0 Å². The van der Waals surface area contributed by atoms with Gasteiger partial charge in [0.2, 0.25) is 5.91 Å². The summed E-state index contributed by atoms with van der Waals surface area (Å²) in [4.78, 5) is 11.0. The fraction of sp³-hybridized carbons (Fsp3) is 0.235. The Morgan fingerprint density at radius 3 is 2.54 bits per heavy atom. The van der Waals surface area contributed by atoms with Crippen molar-refractivity contribution in [1.29, 1.82) is 0 Å². The Bertz CT molecular complexity index is 664. The summed E-state index contributed by atoms with van der Waals surface area (Å²) in [6.07, 6.45) is -0.706. The number of aliphatic hydroxyl groups is 1. The molecule has 0 aliphatic heterocycles. The van der Waals surface area contributed by atoms with Crippen LogP contribution in [0.25, 0.3) is 0 Å². The van der Waals surface area contributed by atoms with E-state index in [1.54, 1.807) is 42.5 Å². The number of ether oxygens (including phenoxy) is 2. The van der Waals surface area contributed by atoms with E-state index in [9.17, 15) is 9.90 Å². The van der Waals surface area contributed by atoms with Crippen LogP contribution >= 0.6 is 11.6 Å². The van der Waals surface area contributed by atoms with Crippen LogP contribution in [0.3, 0.4) is 0 Å². The number of nitrogens with one attached hydrogen (secondary N) is 1. The van der Waals surface area contributed by atoms with Crippen LogP contribution in [0.2, 0.25) is 5.02 Å². The van der Waals surface area contributed by atoms with Gasteiger partial charge in [-0.15, -0.1) is 0 Å². The number of hydrogen-bond acceptors (Lipinski definition) is 5. The fourth-order valence-corrected chi connectivity index (χ4v) is 2.07. The number of para-hydroxylation sites is 1. The fourth-order valence-electron chi connectivity index (χ4n) is 1.88. The smallest absolute Gasteiger partial charge is 0.248 e. The molecule has 1 amide bonds. The minimum absolute atomic E-state index is 0.115. The lowest BCUT2D eigenvalue weighted by Crippen LogP contribution is -2.33. The highest BCUT2D eigenvalue weighted by Gasteiger charge is 2.07. The Hall–Kier alpha value is -2.28. The monoisotopic (exact) mass is 350 g/mol. The highest BCUT2D eigenvalue weighted by Crippen LogP contribution is 2.23. The van der Waals surface area contributed by atoms with Crippen molar-refractivity contribution in [2.45, 2.75) is 6.10 Å². The summed E-state index contributed by atoms with van der Waals surface area (Å²) >= 11 is 5.96. The molecule has 4 N–H and O–H groups in total. The second-order valence-electron chi connectivity index (χ2n) is 5.03. The number of aliphatic hydroxyl groups excluding tert-OH is 1. The Balaban J connectivity index is 1.64. The number of rotatable bonds is 9. The lowest BCUT2D eigenvalue weighted by Gasteiger charge is -2.14. The molecule has 0 fully saturated rings. The summed E-state index contributed by atoms with van der Waals surface area (Å²) < 4.78 is 10.9. The topological polar surface area (TPSA) is 93.8 Å². The molecule has 1 atom stereocenters. The average Bonchev–Trinajstić information content (AvgIpc) is 2.58. The van der Waals surface area contributed by atoms with Gasteiger partial charge in [0.15, 0.2) is 0 Å². The van der Waals surface area contributed by atoms with Gasteiger partial charge in [-0.25, -0.2) is 0 Å². The minimum Gasteiger partial charge on any atom is -0.489 e. The maximum absolute atomic E-state index is 11.0. The predicted octanol–water partition coefficient (Wildman–Crippen LogP) is 1.80. The molecule has 0 aliphatic rings. The van der Waals surface area contributed by atoms with E-state index in [0.29, 0.717) is 28.6 Å². The minimum atomic E-state index is -0.706. The molecule has 0 heterocycles. The molecule has 0 aromatic heterocycles. The number of halogens is 1. The van der Waals surface area contributed by atoms with Gasteiger partial charge < -0.3 is 20.3 Å². The first-order valence-electron chi connectivity index (χ1n) is 7.35. The Morgan fingerprint density at radius 1 is 1.17 bits per heavy atom. The number of amides is 1. The van der Waals surface area contributed by atoms with Crippen LogP contribution in [0, 0.1) is 0 Å². The standard InChI is InChI=1S/C17H19ClN2O4/c18-15-3-1-2-4-16(15)23-10-13(21)9-20-11-24-14-7-5-12(6-8-14)17(19)22/h1-8,13,20-21H,9-11H2,(H2,19,22). The molecule has 7 heteroatoms. The van der Waals surface area contributed by atoms with Gasteiger partial charge in [0, 0.05) is 12.1 Å². The van der Waals surface area contributed by atoms with E-state index in [2.05, 4.69) is 5.32 Å². The molecule has 6 nitrogen and oxygen atoms in total. The van der Waals surface area contributed by atoms with Crippen molar-refractivity contribution in [2.24, 2.45) is 5.73 Å². The zero-order chi connectivity index (χ0) is 17.4. The van der Waals surface area contributed by atoms with Crippen LogP contribution < -0.4 is 20.5 Å². The summed E-state index contributed by atoms with van der Waals surface area (Å²) in [5, 5.41) is 13.3. The number of primary amides is 1. The molecule has 0 bridgehead atoms. The second kappa shape index (κ2) is 9.12. The molecule has 2 aromatic rings. The third-order valence-electron chi connectivity index (χ3n) is 3.13. The second-order valence-corrected chi connectivity index (χ2v) is 5.43. The van der Waals surface area contributed by atoms with E-state index in [1.807, 2.05) is 6.07 Å². The number of carbonyl (C=O) groups is 1. The Kier molecular flexibility index (Phi) is 6.87. The van der Waals surface area contributed by atoms with Gasteiger partial charge in [0.1, 0.15) is 30.9 Å². The van der Waals surface area contributed by atoms with Crippen molar-refractivity contribution in [2.75, 3.05) is 19.9 Å². The summed E-state index contributed by atoms with van der Waals surface area (Å²) in [7, 11) is 0. The molecule has 2 rings (SSSR count). The molecular weight excluding hydrogens is 332 g/mol. The number of carbonyl (C=O) groups excluding carboxylic acids is 1. The highest BCUT2D eigenvalue weighted by molar-refractivity contribution is 6.32. The zero-order valence-electron chi connectivity index (χ0n) is 12.9. The molecule has 2 aromatic carbocycles. The predicted molar refractivity (Wildman–Crippen MR) is 91.4 cm³/mol. The molecule has 0 saturated heterocycles. The normalized spacial score (nSPS) is 11.8. The van der Waals surface area contributed by atoms with Crippen molar-refractivity contribution in [1.82, 2.24) is 5.32 Å². The Morgan fingerprint density at radius 2 is 1.88 bits per heavy atom. The molecule has 128 valence electrons. The van der Waals surface area contributed by atoms with Crippen molar-refractivity contribution >= 4 is 17.5 Å². The largest absolute Gasteiger partial charge is 0.489 e. The summed E-state index contributed by atoms with van der Waals surface area (Å²) in [5.74, 6) is 0.639. The van der Waals surface area contributed by atoms with E-state index in [-0.39, 0.29) is 13.3 Å². The summed E-state index contributed by atoms with van der Waals surface area (Å²) in [6, 6.07) is 13.6. The first-order valence-corrected chi connectivity index (χ1v) is 7.73. The third-order valence-corrected chi connectivity index (χ3v) is 3.44. The first-order chi connectivity index (χ1) is 11.6. The van der Waals surface area contributed by atoms with Gasteiger partial charge in [-0.3, -0.25) is 10.1 Å². The van der Waals surface area contributed by atoms with Crippen molar-refractivity contribution in [3.63, 3.8) is 0 Å². The third kappa shape index (κ3) is 5.73. The van der Waals surface area contributed by atoms with Crippen LogP contribution in [0.15, 0.2) is 48.5 Å². The highest BCUT2D eigenvalue weighted by atomic mass is 35.5.